The van der Waals surface area contributed by atoms with Crippen molar-refractivity contribution in [1.82, 2.24) is 4.90 Å². The van der Waals surface area contributed by atoms with E-state index < -0.39 is 6.23 Å². The van der Waals surface area contributed by atoms with Gasteiger partial charge in [0.2, 0.25) is 0 Å². The summed E-state index contributed by atoms with van der Waals surface area (Å²) in [6.07, 6.45) is 6.33. The lowest BCUT2D eigenvalue weighted by molar-refractivity contribution is -0.137. The van der Waals surface area contributed by atoms with Crippen LogP contribution >= 0.6 is 0 Å². The van der Waals surface area contributed by atoms with Gasteiger partial charge in [-0.2, -0.15) is 0 Å². The normalized spacial score (nSPS) is 18.0. The van der Waals surface area contributed by atoms with Crippen LogP contribution in [-0.4, -0.2) is 28.6 Å². The molecule has 1 atom stereocenters. The third-order valence-electron chi connectivity index (χ3n) is 1.98. The van der Waals surface area contributed by atoms with Crippen molar-refractivity contribution in [2.75, 3.05) is 6.54 Å². The molecule has 3 heteroatoms. The van der Waals surface area contributed by atoms with Gasteiger partial charge in [-0.05, 0) is 6.08 Å². The standard InChI is InChI=1S/C10H15NO2/c1-8(2)9(12)10(13)11-6-4-3-5-7-11/h3-6,8,10,13H,7H2,1-2H3. The molecule has 0 fully saturated rings. The number of aliphatic hydroxyl groups is 1. The largest absolute Gasteiger partial charge is 0.367 e. The minimum absolute atomic E-state index is 0.130. The van der Waals surface area contributed by atoms with Gasteiger partial charge < -0.3 is 10.0 Å². The number of carbonyl (C=O) groups is 1. The first-order valence-electron chi connectivity index (χ1n) is 4.44. The summed E-state index contributed by atoms with van der Waals surface area (Å²) in [6.45, 7) is 4.17. The Labute approximate surface area is 78.4 Å². The van der Waals surface area contributed by atoms with Crippen molar-refractivity contribution in [1.29, 1.82) is 0 Å². The maximum absolute atomic E-state index is 11.4. The number of hydrogen-bond acceptors (Lipinski definition) is 3. The van der Waals surface area contributed by atoms with E-state index in [2.05, 4.69) is 0 Å². The van der Waals surface area contributed by atoms with Gasteiger partial charge in [-0.1, -0.05) is 26.0 Å². The first kappa shape index (κ1) is 9.99. The number of ketones is 1. The molecule has 0 spiro atoms. The smallest absolute Gasteiger partial charge is 0.187 e. The third-order valence-corrected chi connectivity index (χ3v) is 1.98. The number of allylic oxidation sites excluding steroid dienone is 2. The highest BCUT2D eigenvalue weighted by Gasteiger charge is 2.22. The minimum Gasteiger partial charge on any atom is -0.367 e. The van der Waals surface area contributed by atoms with Gasteiger partial charge in [0, 0.05) is 18.7 Å². The van der Waals surface area contributed by atoms with Crippen LogP contribution in [-0.2, 0) is 4.79 Å². The van der Waals surface area contributed by atoms with Crippen LogP contribution in [0.25, 0.3) is 0 Å². The minimum atomic E-state index is -0.999. The molecule has 0 amide bonds. The average Bonchev–Trinajstić information content (AvgIpc) is 2.17. The number of Topliss-reactive ketones (excluding diaryl/α,β-unsaturated/α-hetero) is 1. The van der Waals surface area contributed by atoms with Gasteiger partial charge in [0.1, 0.15) is 0 Å². The van der Waals surface area contributed by atoms with E-state index in [1.54, 1.807) is 31.0 Å². The molecule has 1 unspecified atom stereocenters. The molecule has 0 aliphatic carbocycles. The third kappa shape index (κ3) is 2.42. The maximum Gasteiger partial charge on any atom is 0.187 e. The molecular weight excluding hydrogens is 166 g/mol. The molecule has 13 heavy (non-hydrogen) atoms. The summed E-state index contributed by atoms with van der Waals surface area (Å²) < 4.78 is 0. The topological polar surface area (TPSA) is 40.5 Å². The summed E-state index contributed by atoms with van der Waals surface area (Å²) >= 11 is 0. The Kier molecular flexibility index (Phi) is 3.25. The number of aliphatic hydroxyl groups excluding tert-OH is 1. The van der Waals surface area contributed by atoms with Crippen molar-refractivity contribution in [3.05, 3.63) is 24.4 Å². The SMILES string of the molecule is CC(C)C(=O)C(O)N1C=CC=CC1. The number of nitrogens with zero attached hydrogens (tertiary/aromatic N) is 1. The first-order valence-corrected chi connectivity index (χ1v) is 4.44. The maximum atomic E-state index is 11.4. The highest BCUT2D eigenvalue weighted by molar-refractivity contribution is 5.84. The van der Waals surface area contributed by atoms with E-state index in [0.29, 0.717) is 6.54 Å². The van der Waals surface area contributed by atoms with Crippen LogP contribution in [0.1, 0.15) is 13.8 Å². The molecule has 0 radical (unpaired) electrons. The van der Waals surface area contributed by atoms with E-state index in [9.17, 15) is 9.90 Å². The van der Waals surface area contributed by atoms with E-state index >= 15 is 0 Å². The second-order valence-corrected chi connectivity index (χ2v) is 3.40. The lowest BCUT2D eigenvalue weighted by Crippen LogP contribution is -2.40. The van der Waals surface area contributed by atoms with Crippen molar-refractivity contribution in [3.63, 3.8) is 0 Å². The number of carbonyl (C=O) groups excluding carboxylic acids is 1. The fraction of sp³-hybridized carbons (Fsp3) is 0.500. The Balaban J connectivity index is 2.57. The molecule has 1 heterocycles. The van der Waals surface area contributed by atoms with Gasteiger partial charge in [-0.15, -0.1) is 0 Å². The predicted octanol–water partition coefficient (Wildman–Crippen LogP) is 0.915. The molecule has 0 bridgehead atoms. The van der Waals surface area contributed by atoms with Crippen molar-refractivity contribution >= 4 is 5.78 Å². The molecular formula is C10H15NO2. The molecule has 3 nitrogen and oxygen atoms in total. The van der Waals surface area contributed by atoms with Crippen LogP contribution < -0.4 is 0 Å². The van der Waals surface area contributed by atoms with Crippen LogP contribution in [0.15, 0.2) is 24.4 Å². The molecule has 0 aromatic heterocycles. The van der Waals surface area contributed by atoms with E-state index in [0.717, 1.165) is 0 Å². The van der Waals surface area contributed by atoms with E-state index in [1.807, 2.05) is 12.2 Å². The van der Waals surface area contributed by atoms with Crippen LogP contribution in [0, 0.1) is 5.92 Å². The van der Waals surface area contributed by atoms with Gasteiger partial charge in [0.25, 0.3) is 0 Å². The second-order valence-electron chi connectivity index (χ2n) is 3.40. The molecule has 72 valence electrons. The van der Waals surface area contributed by atoms with E-state index in [1.165, 1.54) is 0 Å². The Morgan fingerprint density at radius 2 is 2.15 bits per heavy atom. The van der Waals surface area contributed by atoms with Gasteiger partial charge in [-0.25, -0.2) is 0 Å². The van der Waals surface area contributed by atoms with Crippen LogP contribution in [0.5, 0.6) is 0 Å². The van der Waals surface area contributed by atoms with Crippen molar-refractivity contribution in [2.45, 2.75) is 20.1 Å². The van der Waals surface area contributed by atoms with Gasteiger partial charge in [-0.3, -0.25) is 4.79 Å². The zero-order valence-corrected chi connectivity index (χ0v) is 7.97. The fourth-order valence-electron chi connectivity index (χ4n) is 1.13. The highest BCUT2D eigenvalue weighted by Crippen LogP contribution is 2.08. The highest BCUT2D eigenvalue weighted by atomic mass is 16.3. The molecule has 1 rings (SSSR count). The zero-order valence-electron chi connectivity index (χ0n) is 7.97. The van der Waals surface area contributed by atoms with Gasteiger partial charge in [0.05, 0.1) is 0 Å². The van der Waals surface area contributed by atoms with E-state index in [-0.39, 0.29) is 11.7 Å². The van der Waals surface area contributed by atoms with Crippen LogP contribution in [0.2, 0.25) is 0 Å². The average molecular weight is 181 g/mol. The molecule has 1 aliphatic heterocycles. The summed E-state index contributed by atoms with van der Waals surface area (Å²) in [5.41, 5.74) is 0. The Hall–Kier alpha value is -1.09. The lowest BCUT2D eigenvalue weighted by atomic mass is 10.1. The summed E-state index contributed by atoms with van der Waals surface area (Å²) in [4.78, 5) is 13.0. The quantitative estimate of drug-likeness (QED) is 0.703. The van der Waals surface area contributed by atoms with Crippen molar-refractivity contribution < 1.29 is 9.90 Å². The van der Waals surface area contributed by atoms with E-state index in [4.69, 9.17) is 0 Å². The summed E-state index contributed by atoms with van der Waals surface area (Å²) in [5, 5.41) is 9.60. The number of rotatable bonds is 3. The van der Waals surface area contributed by atoms with Crippen LogP contribution in [0.3, 0.4) is 0 Å². The lowest BCUT2D eigenvalue weighted by Gasteiger charge is -2.26. The Morgan fingerprint density at radius 1 is 1.46 bits per heavy atom. The van der Waals surface area contributed by atoms with Crippen molar-refractivity contribution in [3.8, 4) is 0 Å². The molecule has 0 saturated heterocycles. The zero-order chi connectivity index (χ0) is 9.84. The molecule has 0 saturated carbocycles. The molecule has 0 aromatic rings. The van der Waals surface area contributed by atoms with Crippen molar-refractivity contribution in [2.24, 2.45) is 5.92 Å². The second kappa shape index (κ2) is 4.23. The number of hydrogen-bond donors (Lipinski definition) is 1. The summed E-state index contributed by atoms with van der Waals surface area (Å²) in [6, 6.07) is 0. The van der Waals surface area contributed by atoms with Crippen LogP contribution in [0.4, 0.5) is 0 Å². The molecule has 1 aliphatic rings. The molecule has 0 aromatic carbocycles. The summed E-state index contributed by atoms with van der Waals surface area (Å²) in [7, 11) is 0. The molecule has 1 N–H and O–H groups in total. The first-order chi connectivity index (χ1) is 6.13. The summed E-state index contributed by atoms with van der Waals surface area (Å²) in [5.74, 6) is -0.269. The van der Waals surface area contributed by atoms with Gasteiger partial charge in [0.15, 0.2) is 12.0 Å². The predicted molar refractivity (Wildman–Crippen MR) is 50.8 cm³/mol. The van der Waals surface area contributed by atoms with Gasteiger partial charge >= 0.3 is 0 Å². The fourth-order valence-corrected chi connectivity index (χ4v) is 1.13. The Morgan fingerprint density at radius 3 is 2.62 bits per heavy atom. The Bertz CT molecular complexity index is 243. The monoisotopic (exact) mass is 181 g/mol.